The quantitative estimate of drug-likeness (QED) is 0.289. The molecule has 184 valence electrons. The standard InChI is InChI=1S/C21H25FN10O3/c1-3-32-29-18(28-30-32)16-14(33)15(34)20(35-16)31-9-24-13-17(23)26-21(27-19(13)31)25-10(2)8-11-4-6-12(22)7-5-11/h4-7,9-10,14-16,20,33-34H,3,8H2,1-2H3,(H3,23,25,26,27)/t10?,14-,15+,16-,20+/m0/s1. The van der Waals surface area contributed by atoms with Gasteiger partial charge in [0, 0.05) is 6.04 Å². The molecule has 0 spiro atoms. The Morgan fingerprint density at radius 2 is 1.97 bits per heavy atom. The predicted octanol–water partition coefficient (Wildman–Crippen LogP) is 0.589. The van der Waals surface area contributed by atoms with Gasteiger partial charge >= 0.3 is 0 Å². The number of fused-ring (bicyclic) bond motifs is 1. The fraction of sp³-hybridized carbons (Fsp3) is 0.429. The lowest BCUT2D eigenvalue weighted by Gasteiger charge is -2.17. The number of tetrazole rings is 1. The first-order valence-electron chi connectivity index (χ1n) is 11.1. The number of nitrogens with one attached hydrogen (secondary N) is 1. The van der Waals surface area contributed by atoms with E-state index in [0.29, 0.717) is 24.1 Å². The third kappa shape index (κ3) is 4.38. The highest BCUT2D eigenvalue weighted by Crippen LogP contribution is 2.38. The molecule has 0 aliphatic carbocycles. The number of halogens is 1. The van der Waals surface area contributed by atoms with Crippen LogP contribution < -0.4 is 11.1 Å². The Labute approximate surface area is 198 Å². The van der Waals surface area contributed by atoms with Crippen LogP contribution in [0.25, 0.3) is 11.2 Å². The molecule has 0 radical (unpaired) electrons. The van der Waals surface area contributed by atoms with Crippen LogP contribution in [0.1, 0.15) is 37.6 Å². The van der Waals surface area contributed by atoms with E-state index in [9.17, 15) is 14.6 Å². The molecule has 1 unspecified atom stereocenters. The van der Waals surface area contributed by atoms with Gasteiger partial charge in [-0.3, -0.25) is 4.57 Å². The lowest BCUT2D eigenvalue weighted by atomic mass is 10.1. The lowest BCUT2D eigenvalue weighted by Crippen LogP contribution is -2.29. The molecule has 1 fully saturated rings. The van der Waals surface area contributed by atoms with Crippen LogP contribution in [0.2, 0.25) is 0 Å². The summed E-state index contributed by atoms with van der Waals surface area (Å²) in [5.41, 5.74) is 7.71. The number of aliphatic hydroxyl groups excluding tert-OH is 2. The summed E-state index contributed by atoms with van der Waals surface area (Å²) in [6.45, 7) is 4.29. The maximum atomic E-state index is 13.2. The van der Waals surface area contributed by atoms with Gasteiger partial charge in [0.05, 0.1) is 12.9 Å². The zero-order valence-corrected chi connectivity index (χ0v) is 19.0. The molecule has 35 heavy (non-hydrogen) atoms. The molecule has 0 saturated carbocycles. The van der Waals surface area contributed by atoms with E-state index in [1.54, 1.807) is 12.1 Å². The van der Waals surface area contributed by atoms with E-state index >= 15 is 0 Å². The molecule has 14 heteroatoms. The van der Waals surface area contributed by atoms with E-state index in [1.807, 2.05) is 13.8 Å². The molecule has 4 heterocycles. The van der Waals surface area contributed by atoms with Crippen LogP contribution in [0, 0.1) is 5.82 Å². The Balaban J connectivity index is 1.39. The number of hydrogen-bond donors (Lipinski definition) is 4. The topological polar surface area (TPSA) is 175 Å². The van der Waals surface area contributed by atoms with Crippen molar-refractivity contribution < 1.29 is 19.3 Å². The first-order chi connectivity index (χ1) is 16.8. The third-order valence-corrected chi connectivity index (χ3v) is 5.80. The number of anilines is 2. The Bertz CT molecular complexity index is 1330. The molecule has 5 N–H and O–H groups in total. The number of imidazole rings is 1. The number of nitrogen functional groups attached to an aromatic ring is 1. The van der Waals surface area contributed by atoms with Crippen LogP contribution in [0.4, 0.5) is 16.2 Å². The molecule has 0 bridgehead atoms. The number of aliphatic hydroxyl groups is 2. The van der Waals surface area contributed by atoms with Gasteiger partial charge in [-0.2, -0.15) is 14.8 Å². The van der Waals surface area contributed by atoms with E-state index in [4.69, 9.17) is 10.5 Å². The molecular formula is C21H25FN10O3. The van der Waals surface area contributed by atoms with Gasteiger partial charge in [-0.1, -0.05) is 12.1 Å². The minimum atomic E-state index is -1.31. The van der Waals surface area contributed by atoms with E-state index < -0.39 is 24.5 Å². The van der Waals surface area contributed by atoms with Gasteiger partial charge in [-0.05, 0) is 43.2 Å². The van der Waals surface area contributed by atoms with Gasteiger partial charge in [-0.15, -0.1) is 10.2 Å². The van der Waals surface area contributed by atoms with E-state index in [1.165, 1.54) is 27.8 Å². The number of nitrogens with two attached hydrogens (primary N) is 1. The second-order valence-electron chi connectivity index (χ2n) is 8.40. The minimum absolute atomic E-state index is 0.0968. The predicted molar refractivity (Wildman–Crippen MR) is 121 cm³/mol. The second-order valence-corrected chi connectivity index (χ2v) is 8.40. The van der Waals surface area contributed by atoms with Crippen molar-refractivity contribution in [1.82, 2.24) is 39.7 Å². The van der Waals surface area contributed by atoms with Crippen LogP contribution in [0.15, 0.2) is 30.6 Å². The summed E-state index contributed by atoms with van der Waals surface area (Å²) < 4.78 is 20.6. The number of benzene rings is 1. The van der Waals surface area contributed by atoms with Gasteiger partial charge in [-0.25, -0.2) is 9.37 Å². The summed E-state index contributed by atoms with van der Waals surface area (Å²) in [5, 5.41) is 36.5. The van der Waals surface area contributed by atoms with E-state index in [2.05, 4.69) is 35.7 Å². The molecule has 1 aliphatic heterocycles. The number of rotatable bonds is 7. The van der Waals surface area contributed by atoms with Gasteiger partial charge in [0.2, 0.25) is 11.8 Å². The Morgan fingerprint density at radius 3 is 2.69 bits per heavy atom. The van der Waals surface area contributed by atoms with Crippen LogP contribution in [-0.2, 0) is 17.7 Å². The van der Waals surface area contributed by atoms with Crippen molar-refractivity contribution in [2.75, 3.05) is 11.1 Å². The molecular weight excluding hydrogens is 459 g/mol. The maximum Gasteiger partial charge on any atom is 0.226 e. The zero-order valence-electron chi connectivity index (χ0n) is 19.0. The van der Waals surface area contributed by atoms with Crippen molar-refractivity contribution in [3.05, 3.63) is 47.8 Å². The largest absolute Gasteiger partial charge is 0.387 e. The van der Waals surface area contributed by atoms with E-state index in [0.717, 1.165) is 5.56 Å². The number of aromatic nitrogens is 8. The Morgan fingerprint density at radius 1 is 1.20 bits per heavy atom. The summed E-state index contributed by atoms with van der Waals surface area (Å²) in [7, 11) is 0. The highest BCUT2D eigenvalue weighted by Gasteiger charge is 2.47. The molecule has 1 aromatic carbocycles. The molecule has 1 aliphatic rings. The van der Waals surface area contributed by atoms with Crippen LogP contribution in [0.5, 0.6) is 0 Å². The molecule has 13 nitrogen and oxygen atoms in total. The monoisotopic (exact) mass is 484 g/mol. The summed E-state index contributed by atoms with van der Waals surface area (Å²) in [6.07, 6.45) is -2.59. The molecule has 1 saturated heterocycles. The first-order valence-corrected chi connectivity index (χ1v) is 11.1. The summed E-state index contributed by atoms with van der Waals surface area (Å²) in [5.74, 6) is 0.265. The number of nitrogens with zero attached hydrogens (tertiary/aromatic N) is 8. The summed E-state index contributed by atoms with van der Waals surface area (Å²) in [6, 6.07) is 6.16. The number of ether oxygens (including phenoxy) is 1. The fourth-order valence-electron chi connectivity index (χ4n) is 4.04. The smallest absolute Gasteiger partial charge is 0.226 e. The van der Waals surface area contributed by atoms with Gasteiger partial charge < -0.3 is 26.0 Å². The molecule has 0 amide bonds. The maximum absolute atomic E-state index is 13.2. The van der Waals surface area contributed by atoms with Crippen molar-refractivity contribution in [3.63, 3.8) is 0 Å². The zero-order chi connectivity index (χ0) is 24.7. The summed E-state index contributed by atoms with van der Waals surface area (Å²) >= 11 is 0. The SMILES string of the molecule is CCn1nnc([C@H]2O[C@@H](n3cnc4c(N)nc(NC(C)Cc5ccc(F)cc5)nc43)[C@H](O)[C@@H]2O)n1. The fourth-order valence-corrected chi connectivity index (χ4v) is 4.04. The molecule has 5 atom stereocenters. The van der Waals surface area contributed by atoms with Crippen molar-refractivity contribution in [2.45, 2.75) is 57.4 Å². The summed E-state index contributed by atoms with van der Waals surface area (Å²) in [4.78, 5) is 14.4. The van der Waals surface area contributed by atoms with Gasteiger partial charge in [0.1, 0.15) is 23.5 Å². The average molecular weight is 484 g/mol. The minimum Gasteiger partial charge on any atom is -0.387 e. The van der Waals surface area contributed by atoms with Gasteiger partial charge in [0.25, 0.3) is 0 Å². The highest BCUT2D eigenvalue weighted by atomic mass is 19.1. The van der Waals surface area contributed by atoms with Crippen molar-refractivity contribution >= 4 is 22.9 Å². The van der Waals surface area contributed by atoms with Crippen LogP contribution >= 0.6 is 0 Å². The van der Waals surface area contributed by atoms with Crippen molar-refractivity contribution in [1.29, 1.82) is 0 Å². The van der Waals surface area contributed by atoms with Crippen LogP contribution in [0.3, 0.4) is 0 Å². The second kappa shape index (κ2) is 9.13. The molecule has 4 aromatic rings. The highest BCUT2D eigenvalue weighted by molar-refractivity contribution is 5.83. The number of aryl methyl sites for hydroxylation is 1. The lowest BCUT2D eigenvalue weighted by molar-refractivity contribution is -0.0384. The van der Waals surface area contributed by atoms with Crippen molar-refractivity contribution in [3.8, 4) is 0 Å². The van der Waals surface area contributed by atoms with Gasteiger partial charge in [0.15, 0.2) is 23.8 Å². The van der Waals surface area contributed by atoms with E-state index in [-0.39, 0.29) is 29.4 Å². The average Bonchev–Trinajstić information content (AvgIpc) is 3.54. The van der Waals surface area contributed by atoms with Crippen molar-refractivity contribution in [2.24, 2.45) is 0 Å². The number of hydrogen-bond acceptors (Lipinski definition) is 11. The first kappa shape index (κ1) is 23.0. The Hall–Kier alpha value is -3.75. The third-order valence-electron chi connectivity index (χ3n) is 5.80. The normalized spacial score (nSPS) is 23.1. The molecule has 3 aromatic heterocycles. The molecule has 5 rings (SSSR count). The Kier molecular flexibility index (Phi) is 6.00. The van der Waals surface area contributed by atoms with Crippen LogP contribution in [-0.4, -0.2) is 68.2 Å².